The lowest BCUT2D eigenvalue weighted by molar-refractivity contribution is -0.385. The van der Waals surface area contributed by atoms with E-state index >= 15 is 0 Å². The molecule has 0 heterocycles. The molecule has 0 bridgehead atoms. The second-order valence-corrected chi connectivity index (χ2v) is 3.28. The van der Waals surface area contributed by atoms with Crippen molar-refractivity contribution < 1.29 is 23.6 Å². The van der Waals surface area contributed by atoms with E-state index in [1.54, 1.807) is 6.92 Å². The zero-order valence-electron chi connectivity index (χ0n) is 9.72. The predicted molar refractivity (Wildman–Crippen MR) is 59.8 cm³/mol. The number of nitro benzene ring substituents is 1. The van der Waals surface area contributed by atoms with Crippen LogP contribution in [0.4, 0.5) is 10.1 Å². The Hall–Kier alpha value is -2.18. The molecule has 0 aliphatic heterocycles. The Kier molecular flexibility index (Phi) is 5.04. The van der Waals surface area contributed by atoms with Crippen LogP contribution in [0.15, 0.2) is 18.2 Å². The Labute approximate surface area is 102 Å². The van der Waals surface area contributed by atoms with Gasteiger partial charge in [-0.25, -0.2) is 4.39 Å². The topological polar surface area (TPSA) is 78.7 Å². The van der Waals surface area contributed by atoms with Crippen LogP contribution >= 0.6 is 0 Å². The number of nitrogens with zero attached hydrogens (tertiary/aromatic N) is 1. The highest BCUT2D eigenvalue weighted by Crippen LogP contribution is 2.22. The first-order chi connectivity index (χ1) is 8.54. The van der Waals surface area contributed by atoms with Crippen molar-refractivity contribution >= 4 is 11.7 Å². The molecule has 0 radical (unpaired) electrons. The maximum absolute atomic E-state index is 13.3. The first-order valence-corrected chi connectivity index (χ1v) is 5.27. The first kappa shape index (κ1) is 13.9. The average Bonchev–Trinajstić information content (AvgIpc) is 2.31. The number of hydrogen-bond acceptors (Lipinski definition) is 5. The van der Waals surface area contributed by atoms with E-state index in [1.165, 1.54) is 0 Å². The van der Waals surface area contributed by atoms with Crippen LogP contribution in [0.1, 0.15) is 13.3 Å². The van der Waals surface area contributed by atoms with E-state index in [2.05, 4.69) is 4.74 Å². The number of hydrogen-bond donors (Lipinski definition) is 0. The lowest BCUT2D eigenvalue weighted by atomic mass is 10.3. The van der Waals surface area contributed by atoms with Crippen LogP contribution in [-0.2, 0) is 9.53 Å². The molecule has 1 aromatic rings. The maximum Gasteiger partial charge on any atom is 0.309 e. The Bertz CT molecular complexity index is 449. The monoisotopic (exact) mass is 257 g/mol. The SMILES string of the molecule is CCOC(=O)CCOc1ccc([N+](=O)[O-])cc1F. The smallest absolute Gasteiger partial charge is 0.309 e. The molecule has 6 nitrogen and oxygen atoms in total. The molecule has 0 aliphatic rings. The fraction of sp³-hybridized carbons (Fsp3) is 0.364. The largest absolute Gasteiger partial charge is 0.490 e. The van der Waals surface area contributed by atoms with Crippen LogP contribution in [0.3, 0.4) is 0 Å². The Morgan fingerprint density at radius 1 is 1.50 bits per heavy atom. The van der Waals surface area contributed by atoms with Gasteiger partial charge >= 0.3 is 5.97 Å². The van der Waals surface area contributed by atoms with Crippen molar-refractivity contribution in [3.05, 3.63) is 34.1 Å². The van der Waals surface area contributed by atoms with Gasteiger partial charge in [0, 0.05) is 6.07 Å². The molecule has 0 atom stereocenters. The van der Waals surface area contributed by atoms with Crippen molar-refractivity contribution in [1.82, 2.24) is 0 Å². The van der Waals surface area contributed by atoms with Crippen molar-refractivity contribution in [3.63, 3.8) is 0 Å². The van der Waals surface area contributed by atoms with Gasteiger partial charge in [0.2, 0.25) is 0 Å². The van der Waals surface area contributed by atoms with Crippen LogP contribution in [0.5, 0.6) is 5.75 Å². The van der Waals surface area contributed by atoms with Gasteiger partial charge in [0.05, 0.1) is 30.6 Å². The third-order valence-electron chi connectivity index (χ3n) is 2.00. The van der Waals surface area contributed by atoms with E-state index in [9.17, 15) is 19.3 Å². The normalized spacial score (nSPS) is 9.89. The minimum atomic E-state index is -0.840. The second-order valence-electron chi connectivity index (χ2n) is 3.28. The molecule has 18 heavy (non-hydrogen) atoms. The lowest BCUT2D eigenvalue weighted by Gasteiger charge is -2.06. The number of carbonyl (C=O) groups is 1. The molecule has 1 aromatic carbocycles. The highest BCUT2D eigenvalue weighted by Gasteiger charge is 2.12. The Balaban J connectivity index is 2.53. The number of esters is 1. The fourth-order valence-corrected chi connectivity index (χ4v) is 1.20. The molecule has 98 valence electrons. The van der Waals surface area contributed by atoms with Gasteiger partial charge in [0.15, 0.2) is 11.6 Å². The molecule has 7 heteroatoms. The zero-order chi connectivity index (χ0) is 13.5. The first-order valence-electron chi connectivity index (χ1n) is 5.27. The number of non-ortho nitro benzene ring substituents is 1. The van der Waals surface area contributed by atoms with Crippen LogP contribution in [-0.4, -0.2) is 24.1 Å². The standard InChI is InChI=1S/C11H12FNO5/c1-2-17-11(14)5-6-18-10-4-3-8(13(15)16)7-9(10)12/h3-4,7H,2,5-6H2,1H3. The van der Waals surface area contributed by atoms with Crippen molar-refractivity contribution in [2.24, 2.45) is 0 Å². The summed E-state index contributed by atoms with van der Waals surface area (Å²) in [6.45, 7) is 1.90. The van der Waals surface area contributed by atoms with Gasteiger partial charge in [-0.2, -0.15) is 0 Å². The molecule has 0 aliphatic carbocycles. The summed E-state index contributed by atoms with van der Waals surface area (Å²) in [7, 11) is 0. The summed E-state index contributed by atoms with van der Waals surface area (Å²) in [5.74, 6) is -1.42. The number of rotatable bonds is 6. The van der Waals surface area contributed by atoms with E-state index in [4.69, 9.17) is 4.74 Å². The second kappa shape index (κ2) is 6.53. The number of carbonyl (C=O) groups excluding carboxylic acids is 1. The molecule has 1 rings (SSSR count). The summed E-state index contributed by atoms with van der Waals surface area (Å²) in [4.78, 5) is 20.7. The minimum absolute atomic E-state index is 0.00966. The third kappa shape index (κ3) is 4.00. The average molecular weight is 257 g/mol. The molecular formula is C11H12FNO5. The number of benzene rings is 1. The minimum Gasteiger partial charge on any atom is -0.490 e. The highest BCUT2D eigenvalue weighted by molar-refractivity contribution is 5.69. The highest BCUT2D eigenvalue weighted by atomic mass is 19.1. The quantitative estimate of drug-likeness (QED) is 0.443. The van der Waals surface area contributed by atoms with Gasteiger partial charge in [-0.05, 0) is 13.0 Å². The Morgan fingerprint density at radius 3 is 2.78 bits per heavy atom. The molecule has 0 amide bonds. The van der Waals surface area contributed by atoms with E-state index in [0.717, 1.165) is 18.2 Å². The van der Waals surface area contributed by atoms with Crippen LogP contribution in [0.25, 0.3) is 0 Å². The molecule has 0 unspecified atom stereocenters. The fourth-order valence-electron chi connectivity index (χ4n) is 1.20. The summed E-state index contributed by atoms with van der Waals surface area (Å²) >= 11 is 0. The maximum atomic E-state index is 13.3. The van der Waals surface area contributed by atoms with Gasteiger partial charge in [-0.3, -0.25) is 14.9 Å². The number of halogens is 1. The van der Waals surface area contributed by atoms with Gasteiger partial charge < -0.3 is 9.47 Å². The van der Waals surface area contributed by atoms with Gasteiger partial charge in [0.1, 0.15) is 0 Å². The van der Waals surface area contributed by atoms with Gasteiger partial charge in [-0.1, -0.05) is 0 Å². The van der Waals surface area contributed by atoms with Crippen molar-refractivity contribution in [2.75, 3.05) is 13.2 Å². The molecule has 0 fully saturated rings. The van der Waals surface area contributed by atoms with Crippen LogP contribution in [0.2, 0.25) is 0 Å². The molecule has 0 N–H and O–H groups in total. The zero-order valence-corrected chi connectivity index (χ0v) is 9.72. The van der Waals surface area contributed by atoms with E-state index in [1.807, 2.05) is 0 Å². The van der Waals surface area contributed by atoms with E-state index < -0.39 is 16.7 Å². The predicted octanol–water partition coefficient (Wildman–Crippen LogP) is 2.07. The van der Waals surface area contributed by atoms with Crippen molar-refractivity contribution in [2.45, 2.75) is 13.3 Å². The van der Waals surface area contributed by atoms with Crippen molar-refractivity contribution in [1.29, 1.82) is 0 Å². The summed E-state index contributed by atoms with van der Waals surface area (Å²) < 4.78 is 23.0. The summed E-state index contributed by atoms with van der Waals surface area (Å²) in [5, 5.41) is 10.4. The lowest BCUT2D eigenvalue weighted by Crippen LogP contribution is -2.10. The summed E-state index contributed by atoms with van der Waals surface area (Å²) in [5.41, 5.74) is -0.356. The summed E-state index contributed by atoms with van der Waals surface area (Å²) in [6.07, 6.45) is -0.00966. The van der Waals surface area contributed by atoms with E-state index in [-0.39, 0.29) is 31.1 Å². The summed E-state index contributed by atoms with van der Waals surface area (Å²) in [6, 6.07) is 3.04. The van der Waals surface area contributed by atoms with E-state index in [0.29, 0.717) is 0 Å². The van der Waals surface area contributed by atoms with Crippen LogP contribution < -0.4 is 4.74 Å². The van der Waals surface area contributed by atoms with Crippen LogP contribution in [0, 0.1) is 15.9 Å². The molecular weight excluding hydrogens is 245 g/mol. The molecule has 0 saturated heterocycles. The van der Waals surface area contributed by atoms with Gasteiger partial charge in [0.25, 0.3) is 5.69 Å². The van der Waals surface area contributed by atoms with Gasteiger partial charge in [-0.15, -0.1) is 0 Å². The molecule has 0 spiro atoms. The molecule has 0 saturated carbocycles. The number of nitro groups is 1. The number of ether oxygens (including phenoxy) is 2. The van der Waals surface area contributed by atoms with Crippen molar-refractivity contribution in [3.8, 4) is 5.75 Å². The third-order valence-corrected chi connectivity index (χ3v) is 2.00. The Morgan fingerprint density at radius 2 is 2.22 bits per heavy atom. The molecule has 0 aromatic heterocycles.